The van der Waals surface area contributed by atoms with E-state index >= 15 is 0 Å². The van der Waals surface area contributed by atoms with Crippen molar-refractivity contribution in [3.8, 4) is 5.75 Å². The molecule has 1 aromatic carbocycles. The third kappa shape index (κ3) is 1.85. The second kappa shape index (κ2) is 4.02. The largest absolute Gasteiger partial charge is 0.508 e. The number of nitrogens with zero attached hydrogens (tertiary/aromatic N) is 1. The Bertz CT molecular complexity index is 429. The molecule has 2 nitrogen and oxygen atoms in total. The van der Waals surface area contributed by atoms with Crippen LogP contribution in [-0.2, 0) is 6.42 Å². The maximum Gasteiger partial charge on any atom is 0.115 e. The van der Waals surface area contributed by atoms with Gasteiger partial charge in [-0.05, 0) is 67.4 Å². The lowest BCUT2D eigenvalue weighted by Gasteiger charge is -2.36. The molecule has 1 aliphatic heterocycles. The van der Waals surface area contributed by atoms with Gasteiger partial charge in [0.1, 0.15) is 5.75 Å². The van der Waals surface area contributed by atoms with Gasteiger partial charge in [-0.1, -0.05) is 13.0 Å². The number of aromatic hydroxyl groups is 1. The van der Waals surface area contributed by atoms with Gasteiger partial charge in [-0.2, -0.15) is 0 Å². The van der Waals surface area contributed by atoms with E-state index in [-0.39, 0.29) is 0 Å². The standard InChI is InChI=1S/C15H21NO/c1-10-12-7-11-3-4-13(17)8-15(11)14(10)5-6-16(2)9-12/h3-4,8,10,12,14,17H,5-7,9H2,1-2H3/t10-,12-,14-/m1/s1. The van der Waals surface area contributed by atoms with Crippen LogP contribution in [0, 0.1) is 11.8 Å². The SMILES string of the molecule is C[C@@H]1[C@@H]2Cc3ccc(O)cc3[C@@H]1CCN(C)C2. The first kappa shape index (κ1) is 11.1. The van der Waals surface area contributed by atoms with Crippen molar-refractivity contribution in [2.75, 3.05) is 20.1 Å². The van der Waals surface area contributed by atoms with Gasteiger partial charge in [0, 0.05) is 6.54 Å². The normalized spacial score (nSPS) is 32.9. The molecule has 0 radical (unpaired) electrons. The van der Waals surface area contributed by atoms with Gasteiger partial charge < -0.3 is 10.0 Å². The van der Waals surface area contributed by atoms with E-state index in [1.807, 2.05) is 12.1 Å². The Morgan fingerprint density at radius 3 is 3.00 bits per heavy atom. The van der Waals surface area contributed by atoms with E-state index in [9.17, 15) is 5.11 Å². The number of likely N-dealkylation sites (tertiary alicyclic amines) is 1. The highest BCUT2D eigenvalue weighted by atomic mass is 16.3. The molecule has 3 rings (SSSR count). The summed E-state index contributed by atoms with van der Waals surface area (Å²) in [4.78, 5) is 2.47. The monoisotopic (exact) mass is 231 g/mol. The molecule has 0 aromatic heterocycles. The number of rotatable bonds is 0. The van der Waals surface area contributed by atoms with E-state index in [0.29, 0.717) is 11.7 Å². The van der Waals surface area contributed by atoms with Crippen molar-refractivity contribution in [2.45, 2.75) is 25.7 Å². The molecule has 17 heavy (non-hydrogen) atoms. The Hall–Kier alpha value is -1.02. The quantitative estimate of drug-likeness (QED) is 0.742. The zero-order chi connectivity index (χ0) is 12.0. The summed E-state index contributed by atoms with van der Waals surface area (Å²) >= 11 is 0. The molecule has 92 valence electrons. The average molecular weight is 231 g/mol. The van der Waals surface area contributed by atoms with Gasteiger partial charge in [0.2, 0.25) is 0 Å². The minimum absolute atomic E-state index is 0.423. The molecule has 0 saturated carbocycles. The molecule has 1 saturated heterocycles. The van der Waals surface area contributed by atoms with Crippen molar-refractivity contribution in [2.24, 2.45) is 11.8 Å². The second-order valence-corrected chi connectivity index (χ2v) is 5.86. The van der Waals surface area contributed by atoms with Gasteiger partial charge in [0.15, 0.2) is 0 Å². The van der Waals surface area contributed by atoms with Crippen LogP contribution >= 0.6 is 0 Å². The number of hydrogen-bond donors (Lipinski definition) is 1. The van der Waals surface area contributed by atoms with E-state index in [1.165, 1.54) is 37.1 Å². The average Bonchev–Trinajstić information content (AvgIpc) is 2.39. The summed E-state index contributed by atoms with van der Waals surface area (Å²) in [6.45, 7) is 4.79. The van der Waals surface area contributed by atoms with E-state index < -0.39 is 0 Å². The van der Waals surface area contributed by atoms with Gasteiger partial charge in [-0.3, -0.25) is 0 Å². The predicted octanol–water partition coefficient (Wildman–Crippen LogP) is 2.62. The minimum atomic E-state index is 0.423. The van der Waals surface area contributed by atoms with E-state index in [0.717, 1.165) is 11.8 Å². The van der Waals surface area contributed by atoms with Crippen molar-refractivity contribution in [1.29, 1.82) is 0 Å². The summed E-state index contributed by atoms with van der Waals surface area (Å²) in [5.74, 6) is 2.59. The van der Waals surface area contributed by atoms with Gasteiger partial charge in [0.05, 0.1) is 0 Å². The van der Waals surface area contributed by atoms with Crippen LogP contribution in [0.1, 0.15) is 30.4 Å². The molecule has 1 fully saturated rings. The van der Waals surface area contributed by atoms with Crippen molar-refractivity contribution >= 4 is 0 Å². The summed E-state index contributed by atoms with van der Waals surface area (Å²) in [6, 6.07) is 5.96. The first-order chi connectivity index (χ1) is 8.15. The minimum Gasteiger partial charge on any atom is -0.508 e. The van der Waals surface area contributed by atoms with Crippen molar-refractivity contribution in [3.05, 3.63) is 29.3 Å². The molecule has 1 N–H and O–H groups in total. The van der Waals surface area contributed by atoms with Crippen LogP contribution in [-0.4, -0.2) is 30.1 Å². The highest BCUT2D eigenvalue weighted by Crippen LogP contribution is 2.44. The molecule has 3 atom stereocenters. The van der Waals surface area contributed by atoms with E-state index in [1.54, 1.807) is 0 Å². The van der Waals surface area contributed by atoms with Crippen LogP contribution in [0.5, 0.6) is 5.75 Å². The molecule has 0 unspecified atom stereocenters. The maximum absolute atomic E-state index is 9.68. The fraction of sp³-hybridized carbons (Fsp3) is 0.600. The Labute approximate surface area is 103 Å². The fourth-order valence-electron chi connectivity index (χ4n) is 3.69. The Morgan fingerprint density at radius 2 is 2.18 bits per heavy atom. The van der Waals surface area contributed by atoms with E-state index in [4.69, 9.17) is 0 Å². The van der Waals surface area contributed by atoms with Crippen molar-refractivity contribution in [1.82, 2.24) is 4.90 Å². The Kier molecular flexibility index (Phi) is 2.62. The molecule has 0 amide bonds. The van der Waals surface area contributed by atoms with Crippen LogP contribution in [0.25, 0.3) is 0 Å². The summed E-state index contributed by atoms with van der Waals surface area (Å²) in [5, 5.41) is 9.68. The smallest absolute Gasteiger partial charge is 0.115 e. The Morgan fingerprint density at radius 1 is 1.35 bits per heavy atom. The number of fused-ring (bicyclic) bond motifs is 4. The van der Waals surface area contributed by atoms with Gasteiger partial charge in [-0.15, -0.1) is 0 Å². The first-order valence-corrected chi connectivity index (χ1v) is 6.65. The molecule has 0 spiro atoms. The highest BCUT2D eigenvalue weighted by Gasteiger charge is 2.36. The first-order valence-electron chi connectivity index (χ1n) is 6.65. The summed E-state index contributed by atoms with van der Waals surface area (Å²) in [5.41, 5.74) is 2.87. The molecule has 2 aliphatic rings. The lowest BCUT2D eigenvalue weighted by Crippen LogP contribution is -2.31. The molecule has 1 aliphatic carbocycles. The van der Waals surface area contributed by atoms with Crippen LogP contribution in [0.2, 0.25) is 0 Å². The zero-order valence-corrected chi connectivity index (χ0v) is 10.7. The van der Waals surface area contributed by atoms with Crippen LogP contribution in [0.3, 0.4) is 0 Å². The molecular weight excluding hydrogens is 210 g/mol. The van der Waals surface area contributed by atoms with Crippen LogP contribution in [0.4, 0.5) is 0 Å². The molecule has 2 bridgehead atoms. The third-order valence-corrected chi connectivity index (χ3v) is 4.76. The highest BCUT2D eigenvalue weighted by molar-refractivity contribution is 5.40. The van der Waals surface area contributed by atoms with Crippen molar-refractivity contribution < 1.29 is 5.11 Å². The Balaban J connectivity index is 2.04. The van der Waals surface area contributed by atoms with Crippen LogP contribution in [0.15, 0.2) is 18.2 Å². The van der Waals surface area contributed by atoms with E-state index in [2.05, 4.69) is 24.9 Å². The topological polar surface area (TPSA) is 23.5 Å². The number of phenols is 1. The molecule has 1 aromatic rings. The second-order valence-electron chi connectivity index (χ2n) is 5.86. The van der Waals surface area contributed by atoms with Gasteiger partial charge in [0.25, 0.3) is 0 Å². The zero-order valence-electron chi connectivity index (χ0n) is 10.7. The summed E-state index contributed by atoms with van der Waals surface area (Å²) in [6.07, 6.45) is 2.40. The fourth-order valence-corrected chi connectivity index (χ4v) is 3.69. The van der Waals surface area contributed by atoms with Gasteiger partial charge in [-0.25, -0.2) is 0 Å². The number of phenolic OH excluding ortho intramolecular Hbond substituents is 1. The molecule has 1 heterocycles. The maximum atomic E-state index is 9.68. The summed E-state index contributed by atoms with van der Waals surface area (Å²) in [7, 11) is 2.23. The van der Waals surface area contributed by atoms with Crippen LogP contribution < -0.4 is 0 Å². The summed E-state index contributed by atoms with van der Waals surface area (Å²) < 4.78 is 0. The van der Waals surface area contributed by atoms with Gasteiger partial charge >= 0.3 is 0 Å². The lowest BCUT2D eigenvalue weighted by atomic mass is 9.69. The lowest BCUT2D eigenvalue weighted by molar-refractivity contribution is 0.247. The third-order valence-electron chi connectivity index (χ3n) is 4.76. The predicted molar refractivity (Wildman–Crippen MR) is 69.3 cm³/mol. The number of hydrogen-bond acceptors (Lipinski definition) is 2. The number of benzene rings is 1. The molecular formula is C15H21NO. The molecule has 2 heteroatoms. The van der Waals surface area contributed by atoms with Crippen molar-refractivity contribution in [3.63, 3.8) is 0 Å².